The van der Waals surface area contributed by atoms with Crippen LogP contribution in [0.15, 0.2) is 90.0 Å². The van der Waals surface area contributed by atoms with E-state index in [2.05, 4.69) is 10.5 Å². The van der Waals surface area contributed by atoms with Gasteiger partial charge in [-0.2, -0.15) is 5.10 Å². The van der Waals surface area contributed by atoms with Crippen molar-refractivity contribution >= 4 is 28.9 Å². The molecule has 0 radical (unpaired) electrons. The van der Waals surface area contributed by atoms with E-state index < -0.39 is 11.9 Å². The van der Waals surface area contributed by atoms with Crippen molar-refractivity contribution < 1.29 is 19.1 Å². The monoisotopic (exact) mass is 452 g/mol. The topological polar surface area (TPSA) is 77.0 Å². The lowest BCUT2D eigenvalue weighted by atomic mass is 10.0. The van der Waals surface area contributed by atoms with Gasteiger partial charge in [-0.05, 0) is 55.0 Å². The van der Waals surface area contributed by atoms with Crippen LogP contribution in [0.5, 0.6) is 11.5 Å². The largest absolute Gasteiger partial charge is 0.484 e. The molecule has 0 aliphatic heterocycles. The van der Waals surface area contributed by atoms with Gasteiger partial charge in [0.05, 0.1) is 11.8 Å². The third kappa shape index (κ3) is 5.66. The summed E-state index contributed by atoms with van der Waals surface area (Å²) in [7, 11) is 0. The highest BCUT2D eigenvalue weighted by molar-refractivity contribution is 6.04. The fraction of sp³-hybridized carbons (Fsp3) is 0.107. The van der Waals surface area contributed by atoms with E-state index in [0.717, 1.165) is 21.9 Å². The second-order valence-electron chi connectivity index (χ2n) is 7.85. The molecule has 0 saturated carbocycles. The Hall–Kier alpha value is -4.45. The minimum absolute atomic E-state index is 0.175. The number of hydrogen-bond donors (Lipinski definition) is 1. The third-order valence-electron chi connectivity index (χ3n) is 5.16. The van der Waals surface area contributed by atoms with Crippen LogP contribution in [0.1, 0.15) is 27.0 Å². The average molecular weight is 453 g/mol. The van der Waals surface area contributed by atoms with Crippen molar-refractivity contribution in [3.05, 3.63) is 107 Å². The first kappa shape index (κ1) is 22.7. The second kappa shape index (κ2) is 10.4. The molecule has 0 fully saturated rings. The highest BCUT2D eigenvalue weighted by Gasteiger charge is 2.14. The van der Waals surface area contributed by atoms with Crippen LogP contribution in [0.2, 0.25) is 0 Å². The zero-order valence-corrected chi connectivity index (χ0v) is 18.9. The molecule has 6 heteroatoms. The summed E-state index contributed by atoms with van der Waals surface area (Å²) in [4.78, 5) is 24.9. The molecule has 4 aromatic rings. The summed E-state index contributed by atoms with van der Waals surface area (Å²) in [5, 5.41) is 5.87. The predicted molar refractivity (Wildman–Crippen MR) is 132 cm³/mol. The molecule has 0 saturated heterocycles. The van der Waals surface area contributed by atoms with Crippen LogP contribution in [0.3, 0.4) is 0 Å². The van der Waals surface area contributed by atoms with Crippen LogP contribution in [-0.4, -0.2) is 24.7 Å². The summed E-state index contributed by atoms with van der Waals surface area (Å²) in [6.07, 6.45) is 1.48. The summed E-state index contributed by atoms with van der Waals surface area (Å²) in [6.45, 7) is 3.71. The molecular formula is C28H24N2O4. The maximum absolute atomic E-state index is 12.7. The Balaban J connectivity index is 1.50. The molecule has 0 aromatic heterocycles. The highest BCUT2D eigenvalue weighted by atomic mass is 16.5. The lowest BCUT2D eigenvalue weighted by Gasteiger charge is -2.11. The lowest BCUT2D eigenvalue weighted by Crippen LogP contribution is -2.24. The molecule has 0 heterocycles. The summed E-state index contributed by atoms with van der Waals surface area (Å²) < 4.78 is 11.2. The number of benzene rings is 4. The first-order valence-electron chi connectivity index (χ1n) is 10.8. The van der Waals surface area contributed by atoms with E-state index in [9.17, 15) is 9.59 Å². The minimum Gasteiger partial charge on any atom is -0.484 e. The SMILES string of the molecule is Cc1ccc(OCC(=O)N/N=C/c2c(OC(=O)c3cccc(C)c3)ccc3ccccc23)cc1. The number of fused-ring (bicyclic) bond motifs is 1. The molecule has 34 heavy (non-hydrogen) atoms. The van der Waals surface area contributed by atoms with Gasteiger partial charge in [0.15, 0.2) is 6.61 Å². The van der Waals surface area contributed by atoms with E-state index in [1.807, 2.05) is 68.4 Å². The maximum Gasteiger partial charge on any atom is 0.343 e. The Morgan fingerprint density at radius 3 is 2.47 bits per heavy atom. The van der Waals surface area contributed by atoms with E-state index in [4.69, 9.17) is 9.47 Å². The molecule has 170 valence electrons. The zero-order chi connectivity index (χ0) is 23.9. The predicted octanol–water partition coefficient (Wildman–Crippen LogP) is 5.20. The molecular weight excluding hydrogens is 428 g/mol. The number of rotatable bonds is 7. The van der Waals surface area contributed by atoms with Crippen LogP contribution in [0, 0.1) is 13.8 Å². The standard InChI is InChI=1S/C28H24N2O4/c1-19-10-13-23(14-11-19)33-18-27(31)30-29-17-25-24-9-4-3-7-21(24)12-15-26(25)34-28(32)22-8-5-6-20(2)16-22/h3-17H,18H2,1-2H3,(H,30,31)/b29-17+. The van der Waals surface area contributed by atoms with Crippen molar-refractivity contribution in [3.8, 4) is 11.5 Å². The molecule has 4 aromatic carbocycles. The molecule has 4 rings (SSSR count). The van der Waals surface area contributed by atoms with Crippen LogP contribution >= 0.6 is 0 Å². The van der Waals surface area contributed by atoms with Gasteiger partial charge in [0.2, 0.25) is 0 Å². The number of hydrazone groups is 1. The van der Waals surface area contributed by atoms with Gasteiger partial charge in [0.1, 0.15) is 11.5 Å². The average Bonchev–Trinajstić information content (AvgIpc) is 2.84. The first-order valence-corrected chi connectivity index (χ1v) is 10.8. The third-order valence-corrected chi connectivity index (χ3v) is 5.16. The van der Waals surface area contributed by atoms with Crippen LogP contribution in [0.25, 0.3) is 10.8 Å². The first-order chi connectivity index (χ1) is 16.5. The lowest BCUT2D eigenvalue weighted by molar-refractivity contribution is -0.123. The number of carbonyl (C=O) groups excluding carboxylic acids is 2. The van der Waals surface area contributed by atoms with Crippen molar-refractivity contribution in [2.75, 3.05) is 6.61 Å². The Kier molecular flexibility index (Phi) is 6.98. The molecule has 0 spiro atoms. The Morgan fingerprint density at radius 1 is 0.882 bits per heavy atom. The fourth-order valence-corrected chi connectivity index (χ4v) is 3.41. The number of carbonyl (C=O) groups is 2. The molecule has 1 N–H and O–H groups in total. The zero-order valence-electron chi connectivity index (χ0n) is 18.9. The van der Waals surface area contributed by atoms with Crippen LogP contribution < -0.4 is 14.9 Å². The van der Waals surface area contributed by atoms with Gasteiger partial charge in [0, 0.05) is 5.56 Å². The Labute approximate surface area is 197 Å². The second-order valence-corrected chi connectivity index (χ2v) is 7.85. The molecule has 0 aliphatic rings. The van der Waals surface area contributed by atoms with Gasteiger partial charge in [-0.1, -0.05) is 65.7 Å². The minimum atomic E-state index is -0.468. The molecule has 0 bridgehead atoms. The summed E-state index contributed by atoms with van der Waals surface area (Å²) in [5.74, 6) is 0.0720. The maximum atomic E-state index is 12.7. The van der Waals surface area contributed by atoms with Crippen molar-refractivity contribution in [2.45, 2.75) is 13.8 Å². The molecule has 0 aliphatic carbocycles. The normalized spacial score (nSPS) is 10.9. The van der Waals surface area contributed by atoms with E-state index in [0.29, 0.717) is 22.6 Å². The quantitative estimate of drug-likeness (QED) is 0.181. The van der Waals surface area contributed by atoms with E-state index >= 15 is 0 Å². The number of hydrogen-bond acceptors (Lipinski definition) is 5. The Morgan fingerprint density at radius 2 is 1.68 bits per heavy atom. The van der Waals surface area contributed by atoms with Crippen molar-refractivity contribution in [2.24, 2.45) is 5.10 Å². The van der Waals surface area contributed by atoms with E-state index in [1.54, 1.807) is 30.3 Å². The van der Waals surface area contributed by atoms with E-state index in [1.165, 1.54) is 6.21 Å². The molecule has 1 amide bonds. The summed E-state index contributed by atoms with van der Waals surface area (Å²) in [5.41, 5.74) is 5.57. The van der Waals surface area contributed by atoms with Crippen molar-refractivity contribution in [1.82, 2.24) is 5.43 Å². The summed E-state index contributed by atoms with van der Waals surface area (Å²) in [6, 6.07) is 25.9. The Bertz CT molecular complexity index is 1360. The summed E-state index contributed by atoms with van der Waals surface area (Å²) >= 11 is 0. The number of esters is 1. The number of amides is 1. The van der Waals surface area contributed by atoms with Gasteiger partial charge in [-0.3, -0.25) is 4.79 Å². The van der Waals surface area contributed by atoms with Crippen LogP contribution in [-0.2, 0) is 4.79 Å². The number of aryl methyl sites for hydroxylation is 2. The van der Waals surface area contributed by atoms with Gasteiger partial charge in [-0.15, -0.1) is 0 Å². The van der Waals surface area contributed by atoms with Gasteiger partial charge >= 0.3 is 5.97 Å². The number of ether oxygens (including phenoxy) is 2. The number of nitrogens with zero attached hydrogens (tertiary/aromatic N) is 1. The van der Waals surface area contributed by atoms with Crippen LogP contribution in [0.4, 0.5) is 0 Å². The van der Waals surface area contributed by atoms with E-state index in [-0.39, 0.29) is 6.61 Å². The van der Waals surface area contributed by atoms with Gasteiger partial charge in [-0.25, -0.2) is 10.2 Å². The van der Waals surface area contributed by atoms with Gasteiger partial charge in [0.25, 0.3) is 5.91 Å². The highest BCUT2D eigenvalue weighted by Crippen LogP contribution is 2.27. The van der Waals surface area contributed by atoms with Crippen molar-refractivity contribution in [3.63, 3.8) is 0 Å². The molecule has 0 atom stereocenters. The van der Waals surface area contributed by atoms with Gasteiger partial charge < -0.3 is 9.47 Å². The number of nitrogens with one attached hydrogen (secondary N) is 1. The fourth-order valence-electron chi connectivity index (χ4n) is 3.41. The molecule has 6 nitrogen and oxygen atoms in total. The molecule has 0 unspecified atom stereocenters. The van der Waals surface area contributed by atoms with Crippen molar-refractivity contribution in [1.29, 1.82) is 0 Å². The smallest absolute Gasteiger partial charge is 0.343 e.